The van der Waals surface area contributed by atoms with Crippen LogP contribution in [0.4, 0.5) is 11.4 Å². The highest BCUT2D eigenvalue weighted by Gasteiger charge is 2.09. The Hall–Kier alpha value is -2.15. The molecule has 0 atom stereocenters. The Bertz CT molecular complexity index is 527. The number of rotatable bonds is 3. The lowest BCUT2D eigenvalue weighted by molar-refractivity contribution is 0.103. The number of ether oxygens (including phenoxy) is 1. The van der Waals surface area contributed by atoms with Gasteiger partial charge in [-0.05, 0) is 23.7 Å². The average molecular weight is 250 g/mol. The van der Waals surface area contributed by atoms with E-state index in [2.05, 4.69) is 14.9 Å². The van der Waals surface area contributed by atoms with E-state index in [1.54, 1.807) is 18.2 Å². The zero-order valence-electron chi connectivity index (χ0n) is 9.01. The number of nitrogens with one attached hydrogen (secondary N) is 1. The number of nitrogen functional groups attached to an aromatic ring is 1. The first kappa shape index (κ1) is 11.3. The molecule has 6 nitrogen and oxygen atoms in total. The molecule has 0 saturated carbocycles. The van der Waals surface area contributed by atoms with Gasteiger partial charge in [-0.15, -0.1) is 5.10 Å². The molecule has 0 bridgehead atoms. The second-order valence-electron chi connectivity index (χ2n) is 3.19. The second-order valence-corrected chi connectivity index (χ2v) is 3.98. The first-order valence-electron chi connectivity index (χ1n) is 4.73. The lowest BCUT2D eigenvalue weighted by Gasteiger charge is -2.07. The summed E-state index contributed by atoms with van der Waals surface area (Å²) in [6, 6.07) is 5.02. The number of amides is 1. The maximum absolute atomic E-state index is 11.7. The summed E-state index contributed by atoms with van der Waals surface area (Å²) in [7, 11) is 1.52. The molecule has 2 rings (SSSR count). The molecule has 1 aromatic heterocycles. The Morgan fingerprint density at radius 2 is 2.35 bits per heavy atom. The van der Waals surface area contributed by atoms with Crippen LogP contribution in [0.25, 0.3) is 0 Å². The van der Waals surface area contributed by atoms with Crippen molar-refractivity contribution >= 4 is 28.8 Å². The number of methoxy groups -OCH3 is 1. The van der Waals surface area contributed by atoms with E-state index in [9.17, 15) is 4.79 Å². The Kier molecular flexibility index (Phi) is 3.20. The van der Waals surface area contributed by atoms with Crippen LogP contribution in [0.2, 0.25) is 0 Å². The number of carbonyl (C=O) groups is 1. The lowest BCUT2D eigenvalue weighted by atomic mass is 10.2. The quantitative estimate of drug-likeness (QED) is 0.803. The number of carbonyl (C=O) groups excluding carboxylic acids is 1. The van der Waals surface area contributed by atoms with Crippen LogP contribution in [0.15, 0.2) is 24.4 Å². The second kappa shape index (κ2) is 4.79. The smallest absolute Gasteiger partial charge is 0.269 e. The van der Waals surface area contributed by atoms with Gasteiger partial charge in [-0.3, -0.25) is 4.79 Å². The minimum Gasteiger partial charge on any atom is -0.495 e. The molecule has 0 spiro atoms. The summed E-state index contributed by atoms with van der Waals surface area (Å²) in [5.41, 5.74) is 6.79. The van der Waals surface area contributed by atoms with Crippen LogP contribution in [0.1, 0.15) is 9.67 Å². The van der Waals surface area contributed by atoms with E-state index < -0.39 is 0 Å². The van der Waals surface area contributed by atoms with Crippen molar-refractivity contribution in [3.8, 4) is 5.75 Å². The van der Waals surface area contributed by atoms with Crippen molar-refractivity contribution in [1.29, 1.82) is 0 Å². The molecule has 1 heterocycles. The zero-order valence-corrected chi connectivity index (χ0v) is 9.82. The fraction of sp³-hybridized carbons (Fsp3) is 0.100. The van der Waals surface area contributed by atoms with Gasteiger partial charge in [0.05, 0.1) is 19.0 Å². The molecule has 88 valence electrons. The highest BCUT2D eigenvalue weighted by Crippen LogP contribution is 2.25. The summed E-state index contributed by atoms with van der Waals surface area (Å²) in [4.78, 5) is 12.2. The summed E-state index contributed by atoms with van der Waals surface area (Å²) >= 11 is 1.03. The number of nitrogens with two attached hydrogens (primary N) is 1. The predicted molar refractivity (Wildman–Crippen MR) is 65.3 cm³/mol. The molecule has 0 unspecified atom stereocenters. The summed E-state index contributed by atoms with van der Waals surface area (Å²) in [6.45, 7) is 0. The van der Waals surface area contributed by atoms with Crippen molar-refractivity contribution in [3.63, 3.8) is 0 Å². The van der Waals surface area contributed by atoms with Crippen LogP contribution in [0.5, 0.6) is 5.75 Å². The third-order valence-corrected chi connectivity index (χ3v) is 2.74. The Labute approximate surface area is 102 Å². The van der Waals surface area contributed by atoms with Crippen LogP contribution >= 0.6 is 11.5 Å². The van der Waals surface area contributed by atoms with Gasteiger partial charge in [-0.1, -0.05) is 4.49 Å². The Morgan fingerprint density at radius 1 is 1.53 bits per heavy atom. The topological polar surface area (TPSA) is 90.1 Å². The van der Waals surface area contributed by atoms with Crippen molar-refractivity contribution in [3.05, 3.63) is 29.3 Å². The molecular weight excluding hydrogens is 240 g/mol. The summed E-state index contributed by atoms with van der Waals surface area (Å²) < 4.78 is 8.68. The normalized spacial score (nSPS) is 9.94. The van der Waals surface area contributed by atoms with Crippen molar-refractivity contribution in [2.24, 2.45) is 0 Å². The number of anilines is 2. The molecule has 1 aromatic carbocycles. The van der Waals surface area contributed by atoms with Crippen molar-refractivity contribution in [2.75, 3.05) is 18.2 Å². The molecule has 0 aliphatic carbocycles. The standard InChI is InChI=1S/C10H10N4O2S/c1-16-8-4-6(2-3-7(8)11)13-10(15)9-5-12-14-17-9/h2-5H,11H2,1H3,(H,13,15). The van der Waals surface area contributed by atoms with E-state index in [4.69, 9.17) is 10.5 Å². The van der Waals surface area contributed by atoms with Crippen molar-refractivity contribution in [2.45, 2.75) is 0 Å². The molecule has 0 aliphatic heterocycles. The van der Waals surface area contributed by atoms with Gasteiger partial charge in [0.1, 0.15) is 10.6 Å². The van der Waals surface area contributed by atoms with Crippen LogP contribution in [-0.4, -0.2) is 22.6 Å². The monoisotopic (exact) mass is 250 g/mol. The number of aromatic nitrogens is 2. The van der Waals surface area contributed by atoms with Crippen LogP contribution in [0.3, 0.4) is 0 Å². The first-order valence-corrected chi connectivity index (χ1v) is 5.50. The van der Waals surface area contributed by atoms with Gasteiger partial charge >= 0.3 is 0 Å². The number of nitrogens with zero attached hydrogens (tertiary/aromatic N) is 2. The summed E-state index contributed by atoms with van der Waals surface area (Å²) in [5.74, 6) is 0.261. The molecule has 0 fully saturated rings. The van der Waals surface area contributed by atoms with Crippen LogP contribution in [0, 0.1) is 0 Å². The number of hydrogen-bond acceptors (Lipinski definition) is 6. The fourth-order valence-corrected chi connectivity index (χ4v) is 1.66. The SMILES string of the molecule is COc1cc(NC(=O)c2cnns2)ccc1N. The van der Waals surface area contributed by atoms with E-state index in [-0.39, 0.29) is 5.91 Å². The van der Waals surface area contributed by atoms with E-state index in [0.29, 0.717) is 22.0 Å². The lowest BCUT2D eigenvalue weighted by Crippen LogP contribution is -2.10. The Balaban J connectivity index is 2.16. The van der Waals surface area contributed by atoms with Crippen LogP contribution in [-0.2, 0) is 0 Å². The van der Waals surface area contributed by atoms with E-state index in [1.807, 2.05) is 0 Å². The van der Waals surface area contributed by atoms with E-state index >= 15 is 0 Å². The van der Waals surface area contributed by atoms with Gasteiger partial charge < -0.3 is 15.8 Å². The van der Waals surface area contributed by atoms with E-state index in [0.717, 1.165) is 11.5 Å². The molecule has 1 amide bonds. The van der Waals surface area contributed by atoms with Crippen molar-refractivity contribution < 1.29 is 9.53 Å². The van der Waals surface area contributed by atoms with Crippen molar-refractivity contribution in [1.82, 2.24) is 9.59 Å². The number of hydrogen-bond donors (Lipinski definition) is 2. The van der Waals surface area contributed by atoms with Gasteiger partial charge in [0.25, 0.3) is 5.91 Å². The molecule has 0 saturated heterocycles. The van der Waals surface area contributed by atoms with Gasteiger partial charge in [-0.25, -0.2) is 0 Å². The maximum atomic E-state index is 11.7. The molecule has 17 heavy (non-hydrogen) atoms. The summed E-state index contributed by atoms with van der Waals surface area (Å²) in [6.07, 6.45) is 1.41. The predicted octanol–water partition coefficient (Wildman–Crippen LogP) is 1.38. The highest BCUT2D eigenvalue weighted by molar-refractivity contribution is 7.07. The number of benzene rings is 1. The molecule has 0 aliphatic rings. The largest absolute Gasteiger partial charge is 0.495 e. The molecular formula is C10H10N4O2S. The van der Waals surface area contributed by atoms with Gasteiger partial charge in [0.2, 0.25) is 0 Å². The molecule has 2 aromatic rings. The van der Waals surface area contributed by atoms with Gasteiger partial charge in [0.15, 0.2) is 0 Å². The highest BCUT2D eigenvalue weighted by atomic mass is 32.1. The minimum absolute atomic E-state index is 0.258. The maximum Gasteiger partial charge on any atom is 0.269 e. The molecule has 3 N–H and O–H groups in total. The average Bonchev–Trinajstić information content (AvgIpc) is 2.85. The fourth-order valence-electron chi connectivity index (χ4n) is 1.25. The Morgan fingerprint density at radius 3 is 3.00 bits per heavy atom. The first-order chi connectivity index (χ1) is 8.20. The third kappa shape index (κ3) is 2.51. The van der Waals surface area contributed by atoms with E-state index in [1.165, 1.54) is 13.3 Å². The van der Waals surface area contributed by atoms with Gasteiger partial charge in [0, 0.05) is 11.8 Å². The third-order valence-electron chi connectivity index (χ3n) is 2.08. The van der Waals surface area contributed by atoms with Gasteiger partial charge in [-0.2, -0.15) is 0 Å². The van der Waals surface area contributed by atoms with Crippen LogP contribution < -0.4 is 15.8 Å². The molecule has 0 radical (unpaired) electrons. The zero-order chi connectivity index (χ0) is 12.3. The summed E-state index contributed by atoms with van der Waals surface area (Å²) in [5, 5.41) is 6.30. The minimum atomic E-state index is -0.258. The molecule has 7 heteroatoms.